The molecule has 2 N–H and O–H groups in total. The molecule has 0 atom stereocenters. The van der Waals surface area contributed by atoms with Gasteiger partial charge in [-0.2, -0.15) is 15.0 Å². The first-order valence-corrected chi connectivity index (χ1v) is 13.4. The highest BCUT2D eigenvalue weighted by Gasteiger charge is 2.24. The Morgan fingerprint density at radius 2 is 1.69 bits per heavy atom. The highest BCUT2D eigenvalue weighted by molar-refractivity contribution is 6.32. The molecule has 0 radical (unpaired) electrons. The summed E-state index contributed by atoms with van der Waals surface area (Å²) in [4.78, 5) is 19.0. The molecule has 1 aromatic carbocycles. The Morgan fingerprint density at radius 3 is 2.34 bits per heavy atom. The van der Waals surface area contributed by atoms with Gasteiger partial charge in [0.05, 0.1) is 11.1 Å². The van der Waals surface area contributed by atoms with Gasteiger partial charge in [-0.1, -0.05) is 37.3 Å². The molecule has 1 aliphatic heterocycles. The lowest BCUT2D eigenvalue weighted by molar-refractivity contribution is 0.242. The van der Waals surface area contributed by atoms with Gasteiger partial charge in [-0.3, -0.25) is 0 Å². The van der Waals surface area contributed by atoms with Crippen molar-refractivity contribution in [1.82, 2.24) is 19.9 Å². The summed E-state index contributed by atoms with van der Waals surface area (Å²) in [5, 5.41) is 7.51. The van der Waals surface area contributed by atoms with Crippen LogP contribution in [0.4, 0.5) is 23.5 Å². The number of likely N-dealkylation sites (tertiary alicyclic amines) is 1. The number of nitrogens with one attached hydrogen (secondary N) is 2. The van der Waals surface area contributed by atoms with E-state index in [4.69, 9.17) is 31.3 Å². The van der Waals surface area contributed by atoms with Crippen LogP contribution in [0.2, 0.25) is 5.02 Å². The third-order valence-electron chi connectivity index (χ3n) is 6.91. The molecular formula is C26H40ClN7O. The van der Waals surface area contributed by atoms with Gasteiger partial charge >= 0.3 is 0 Å². The number of benzene rings is 1. The maximum absolute atomic E-state index is 6.47. The number of hydrogen-bond donors (Lipinski definition) is 2. The first kappa shape index (κ1) is 25.8. The maximum atomic E-state index is 6.47. The fraction of sp³-hybridized carbons (Fsp3) is 0.654. The largest absolute Gasteiger partial charge is 0.489 e. The van der Waals surface area contributed by atoms with Gasteiger partial charge in [-0.15, -0.1) is 0 Å². The Balaban J connectivity index is 1.57. The average molecular weight is 502 g/mol. The summed E-state index contributed by atoms with van der Waals surface area (Å²) in [6.07, 6.45) is 9.68. The van der Waals surface area contributed by atoms with Gasteiger partial charge in [0.2, 0.25) is 17.8 Å². The molecule has 8 nitrogen and oxygen atoms in total. The number of rotatable bonds is 8. The molecule has 9 heteroatoms. The first-order chi connectivity index (χ1) is 16.9. The standard InChI is InChI=1S/C26H40ClN7O/c1-18(2)35-23-12-11-20(17-22(23)27)29-25-30-24(28-19-9-7-5-6-8-10-19)31-26(32-25)34(4)21-13-15-33(3)16-14-21/h11-12,17-19,21H,5-10,13-16H2,1-4H3,(H2,28,29,30,31,32). The number of hydrogen-bond acceptors (Lipinski definition) is 8. The number of anilines is 4. The molecule has 0 unspecified atom stereocenters. The average Bonchev–Trinajstić information content (AvgIpc) is 3.09. The van der Waals surface area contributed by atoms with E-state index in [0.29, 0.717) is 40.7 Å². The van der Waals surface area contributed by atoms with Crippen molar-refractivity contribution in [2.45, 2.75) is 83.4 Å². The summed E-state index contributed by atoms with van der Waals surface area (Å²) in [5.41, 5.74) is 0.811. The van der Waals surface area contributed by atoms with Crippen LogP contribution < -0.4 is 20.3 Å². The van der Waals surface area contributed by atoms with Crippen molar-refractivity contribution in [3.63, 3.8) is 0 Å². The molecule has 2 aliphatic rings. The summed E-state index contributed by atoms with van der Waals surface area (Å²) < 4.78 is 5.77. The molecule has 2 aromatic rings. The quantitative estimate of drug-likeness (QED) is 0.444. The molecule has 0 spiro atoms. The van der Waals surface area contributed by atoms with Crippen LogP contribution in [0.25, 0.3) is 0 Å². The lowest BCUT2D eigenvalue weighted by atomic mass is 10.0. The summed E-state index contributed by atoms with van der Waals surface area (Å²) in [7, 11) is 4.28. The van der Waals surface area contributed by atoms with Crippen LogP contribution in [-0.4, -0.2) is 65.2 Å². The molecule has 1 aliphatic carbocycles. The molecule has 1 saturated carbocycles. The van der Waals surface area contributed by atoms with E-state index >= 15 is 0 Å². The van der Waals surface area contributed by atoms with Crippen LogP contribution in [-0.2, 0) is 0 Å². The van der Waals surface area contributed by atoms with E-state index in [1.807, 2.05) is 32.0 Å². The number of piperidine rings is 1. The second kappa shape index (κ2) is 12.1. The van der Waals surface area contributed by atoms with Crippen molar-refractivity contribution in [3.8, 4) is 5.75 Å². The molecule has 1 saturated heterocycles. The Labute approximate surface area is 214 Å². The highest BCUT2D eigenvalue weighted by Crippen LogP contribution is 2.30. The fourth-order valence-corrected chi connectivity index (χ4v) is 5.08. The first-order valence-electron chi connectivity index (χ1n) is 13.0. The van der Waals surface area contributed by atoms with E-state index in [1.165, 1.54) is 25.7 Å². The molecule has 2 fully saturated rings. The van der Waals surface area contributed by atoms with Crippen LogP contribution in [0.1, 0.15) is 65.2 Å². The minimum atomic E-state index is 0.0603. The minimum absolute atomic E-state index is 0.0603. The van der Waals surface area contributed by atoms with Crippen molar-refractivity contribution in [2.24, 2.45) is 0 Å². The van der Waals surface area contributed by atoms with Crippen LogP contribution in [0.3, 0.4) is 0 Å². The Kier molecular flexibility index (Phi) is 8.89. The van der Waals surface area contributed by atoms with Gasteiger partial charge in [0, 0.05) is 24.8 Å². The molecular weight excluding hydrogens is 462 g/mol. The van der Waals surface area contributed by atoms with Gasteiger partial charge in [-0.25, -0.2) is 0 Å². The highest BCUT2D eigenvalue weighted by atomic mass is 35.5. The third-order valence-corrected chi connectivity index (χ3v) is 7.21. The molecule has 4 rings (SSSR count). The van der Waals surface area contributed by atoms with Gasteiger partial charge < -0.3 is 25.2 Å². The number of aromatic nitrogens is 3. The van der Waals surface area contributed by atoms with E-state index in [-0.39, 0.29) is 6.10 Å². The molecule has 192 valence electrons. The van der Waals surface area contributed by atoms with Crippen LogP contribution in [0.5, 0.6) is 5.75 Å². The van der Waals surface area contributed by atoms with E-state index in [2.05, 4.69) is 34.5 Å². The van der Waals surface area contributed by atoms with Gasteiger partial charge in [0.25, 0.3) is 0 Å². The Morgan fingerprint density at radius 1 is 1.00 bits per heavy atom. The van der Waals surface area contributed by atoms with Crippen molar-refractivity contribution in [1.29, 1.82) is 0 Å². The molecule has 0 amide bonds. The Hall–Kier alpha value is -2.32. The van der Waals surface area contributed by atoms with E-state index in [1.54, 1.807) is 0 Å². The van der Waals surface area contributed by atoms with Gasteiger partial charge in [0.15, 0.2) is 0 Å². The monoisotopic (exact) mass is 501 g/mol. The maximum Gasteiger partial charge on any atom is 0.233 e. The predicted octanol–water partition coefficient (Wildman–Crippen LogP) is 5.72. The normalized spacial score (nSPS) is 18.3. The van der Waals surface area contributed by atoms with Crippen molar-refractivity contribution in [2.75, 3.05) is 42.7 Å². The number of nitrogens with zero attached hydrogens (tertiary/aromatic N) is 5. The van der Waals surface area contributed by atoms with Crippen molar-refractivity contribution in [3.05, 3.63) is 23.2 Å². The smallest absolute Gasteiger partial charge is 0.233 e. The van der Waals surface area contributed by atoms with Crippen molar-refractivity contribution < 1.29 is 4.74 Å². The fourth-order valence-electron chi connectivity index (χ4n) is 4.85. The molecule has 35 heavy (non-hydrogen) atoms. The lowest BCUT2D eigenvalue weighted by Gasteiger charge is -2.35. The summed E-state index contributed by atoms with van der Waals surface area (Å²) >= 11 is 6.47. The van der Waals surface area contributed by atoms with Crippen molar-refractivity contribution >= 4 is 35.1 Å². The topological polar surface area (TPSA) is 78.4 Å². The van der Waals surface area contributed by atoms with Gasteiger partial charge in [0.1, 0.15) is 5.75 Å². The van der Waals surface area contributed by atoms with Crippen LogP contribution in [0.15, 0.2) is 18.2 Å². The molecule has 2 heterocycles. The number of halogens is 1. The van der Waals surface area contributed by atoms with Gasteiger partial charge in [-0.05, 0) is 77.9 Å². The molecule has 1 aromatic heterocycles. The SMILES string of the molecule is CC(C)Oc1ccc(Nc2nc(NC3CCCCCC3)nc(N(C)C3CCN(C)CC3)n2)cc1Cl. The van der Waals surface area contributed by atoms with E-state index in [0.717, 1.165) is 44.5 Å². The lowest BCUT2D eigenvalue weighted by Crippen LogP contribution is -2.42. The predicted molar refractivity (Wildman–Crippen MR) is 144 cm³/mol. The van der Waals surface area contributed by atoms with E-state index in [9.17, 15) is 0 Å². The number of ether oxygens (including phenoxy) is 1. The second-order valence-corrected chi connectivity index (χ2v) is 10.6. The zero-order valence-corrected chi connectivity index (χ0v) is 22.3. The molecule has 0 bridgehead atoms. The van der Waals surface area contributed by atoms with E-state index < -0.39 is 0 Å². The summed E-state index contributed by atoms with van der Waals surface area (Å²) in [6.45, 7) is 6.14. The summed E-state index contributed by atoms with van der Waals surface area (Å²) in [6, 6.07) is 6.47. The second-order valence-electron chi connectivity index (χ2n) is 10.2. The summed E-state index contributed by atoms with van der Waals surface area (Å²) in [5.74, 6) is 2.51. The van der Waals surface area contributed by atoms with Crippen LogP contribution >= 0.6 is 11.6 Å². The van der Waals surface area contributed by atoms with Crippen LogP contribution in [0, 0.1) is 0 Å². The third kappa shape index (κ3) is 7.34. The zero-order chi connectivity index (χ0) is 24.8. The minimum Gasteiger partial charge on any atom is -0.489 e. The Bertz CT molecular complexity index is 957. The zero-order valence-electron chi connectivity index (χ0n) is 21.6.